The molecule has 0 aromatic heterocycles. The first-order chi connectivity index (χ1) is 11.3. The fourth-order valence-electron chi connectivity index (χ4n) is 3.06. The van der Waals surface area contributed by atoms with Gasteiger partial charge in [0, 0.05) is 24.2 Å². The van der Waals surface area contributed by atoms with Gasteiger partial charge in [-0.25, -0.2) is 4.79 Å². The van der Waals surface area contributed by atoms with E-state index < -0.39 is 5.97 Å². The van der Waals surface area contributed by atoms with Crippen molar-refractivity contribution in [3.8, 4) is 11.5 Å². The molecule has 0 saturated carbocycles. The molecule has 0 bridgehead atoms. The maximum absolute atomic E-state index is 12.5. The van der Waals surface area contributed by atoms with Crippen molar-refractivity contribution >= 4 is 5.97 Å². The van der Waals surface area contributed by atoms with Gasteiger partial charge in [-0.3, -0.25) is 4.90 Å². The number of rotatable bonds is 2. The summed E-state index contributed by atoms with van der Waals surface area (Å²) >= 11 is 0. The molecule has 1 heterocycles. The lowest BCUT2D eigenvalue weighted by Crippen LogP contribution is -2.36. The summed E-state index contributed by atoms with van der Waals surface area (Å²) < 4.78 is 5.40. The Morgan fingerprint density at radius 3 is 2.46 bits per heavy atom. The fourth-order valence-corrected chi connectivity index (χ4v) is 3.06. The van der Waals surface area contributed by atoms with Crippen molar-refractivity contribution in [2.24, 2.45) is 0 Å². The average molecular weight is 325 g/mol. The second-order valence-electron chi connectivity index (χ2n) is 7.28. The molecular weight excluding hydrogens is 302 g/mol. The third-order valence-electron chi connectivity index (χ3n) is 4.51. The largest absolute Gasteiger partial charge is 0.507 e. The Kier molecular flexibility index (Phi) is 4.10. The average Bonchev–Trinajstić information content (AvgIpc) is 2.92. The molecule has 0 amide bonds. The molecule has 1 aliphatic heterocycles. The van der Waals surface area contributed by atoms with Crippen LogP contribution in [0.25, 0.3) is 0 Å². The molecule has 0 unspecified atom stereocenters. The molecule has 1 N–H and O–H groups in total. The van der Waals surface area contributed by atoms with E-state index in [-0.39, 0.29) is 16.9 Å². The number of aryl methyl sites for hydroxylation is 1. The molecule has 2 aromatic rings. The first-order valence-electron chi connectivity index (χ1n) is 8.14. The molecule has 0 fully saturated rings. The Balaban J connectivity index is 1.93. The second kappa shape index (κ2) is 5.95. The van der Waals surface area contributed by atoms with E-state index in [1.54, 1.807) is 24.3 Å². The van der Waals surface area contributed by atoms with Gasteiger partial charge in [-0.15, -0.1) is 0 Å². The monoisotopic (exact) mass is 325 g/mol. The minimum absolute atomic E-state index is 0.00404. The number of ether oxygens (including phenoxy) is 1. The van der Waals surface area contributed by atoms with Gasteiger partial charge in [-0.1, -0.05) is 24.3 Å². The van der Waals surface area contributed by atoms with Crippen molar-refractivity contribution in [3.63, 3.8) is 0 Å². The van der Waals surface area contributed by atoms with Crippen LogP contribution in [0.4, 0.5) is 0 Å². The number of benzene rings is 2. The number of esters is 1. The lowest BCUT2D eigenvalue weighted by Gasteiger charge is -2.31. The smallest absolute Gasteiger partial charge is 0.347 e. The van der Waals surface area contributed by atoms with Gasteiger partial charge in [-0.05, 0) is 51.0 Å². The molecule has 2 aromatic carbocycles. The molecule has 1 aliphatic rings. The normalized spacial score (nSPS) is 14.5. The van der Waals surface area contributed by atoms with Crippen LogP contribution in [0, 0.1) is 6.92 Å². The van der Waals surface area contributed by atoms with E-state index >= 15 is 0 Å². The van der Waals surface area contributed by atoms with Gasteiger partial charge in [-0.2, -0.15) is 0 Å². The van der Waals surface area contributed by atoms with Crippen LogP contribution in [-0.4, -0.2) is 21.5 Å². The lowest BCUT2D eigenvalue weighted by molar-refractivity contribution is 0.0730. The van der Waals surface area contributed by atoms with Crippen LogP contribution in [0.15, 0.2) is 36.4 Å². The van der Waals surface area contributed by atoms with E-state index in [9.17, 15) is 9.90 Å². The summed E-state index contributed by atoms with van der Waals surface area (Å²) in [5.41, 5.74) is 2.91. The molecule has 126 valence electrons. The molecule has 3 rings (SSSR count). The molecule has 0 aliphatic carbocycles. The number of hydrogen-bond donors (Lipinski definition) is 1. The number of fused-ring (bicyclic) bond motifs is 1. The van der Waals surface area contributed by atoms with Crippen molar-refractivity contribution in [2.75, 3.05) is 0 Å². The Labute approximate surface area is 142 Å². The van der Waals surface area contributed by atoms with Gasteiger partial charge in [0.15, 0.2) is 0 Å². The minimum Gasteiger partial charge on any atom is -0.507 e. The zero-order valence-electron chi connectivity index (χ0n) is 14.6. The number of nitrogens with zero attached hydrogens (tertiary/aromatic N) is 1. The van der Waals surface area contributed by atoms with Crippen molar-refractivity contribution in [3.05, 3.63) is 58.7 Å². The highest BCUT2D eigenvalue weighted by molar-refractivity contribution is 5.96. The van der Waals surface area contributed by atoms with Crippen molar-refractivity contribution in [1.29, 1.82) is 0 Å². The Morgan fingerprint density at radius 2 is 1.83 bits per heavy atom. The topological polar surface area (TPSA) is 49.8 Å². The summed E-state index contributed by atoms with van der Waals surface area (Å²) in [6.07, 6.45) is 0. The summed E-state index contributed by atoms with van der Waals surface area (Å²) in [7, 11) is 0. The summed E-state index contributed by atoms with van der Waals surface area (Å²) in [4.78, 5) is 14.8. The molecule has 24 heavy (non-hydrogen) atoms. The molecular formula is C20H23NO3. The number of carbonyl (C=O) groups is 1. The highest BCUT2D eigenvalue weighted by Gasteiger charge is 2.32. The SMILES string of the molecule is Cc1cc2c(c(O)c1C(=O)Oc1ccccc1)CN(C(C)(C)C)C2. The van der Waals surface area contributed by atoms with Crippen molar-refractivity contribution in [2.45, 2.75) is 46.3 Å². The van der Waals surface area contributed by atoms with Gasteiger partial charge < -0.3 is 9.84 Å². The third-order valence-corrected chi connectivity index (χ3v) is 4.51. The molecule has 0 radical (unpaired) electrons. The van der Waals surface area contributed by atoms with Crippen molar-refractivity contribution in [1.82, 2.24) is 4.90 Å². The molecule has 0 saturated heterocycles. The van der Waals surface area contributed by atoms with Crippen LogP contribution in [0.1, 0.15) is 47.8 Å². The van der Waals surface area contributed by atoms with Crippen LogP contribution in [0.2, 0.25) is 0 Å². The number of phenolic OH excluding ortho intramolecular Hbond substituents is 1. The third kappa shape index (κ3) is 3.02. The van der Waals surface area contributed by atoms with E-state index in [1.165, 1.54) is 0 Å². The summed E-state index contributed by atoms with van der Waals surface area (Å²) in [5.74, 6) is 0.00371. The summed E-state index contributed by atoms with van der Waals surface area (Å²) in [6, 6.07) is 10.9. The zero-order valence-corrected chi connectivity index (χ0v) is 14.6. The Hall–Kier alpha value is -2.33. The van der Waals surface area contributed by atoms with Gasteiger partial charge in [0.25, 0.3) is 0 Å². The zero-order chi connectivity index (χ0) is 17.5. The van der Waals surface area contributed by atoms with Crippen LogP contribution in [0.5, 0.6) is 11.5 Å². The Morgan fingerprint density at radius 1 is 1.17 bits per heavy atom. The molecule has 0 atom stereocenters. The van der Waals surface area contributed by atoms with E-state index in [2.05, 4.69) is 25.7 Å². The van der Waals surface area contributed by atoms with E-state index in [0.717, 1.165) is 23.2 Å². The highest BCUT2D eigenvalue weighted by atomic mass is 16.5. The van der Waals surface area contributed by atoms with Crippen LogP contribution >= 0.6 is 0 Å². The first-order valence-corrected chi connectivity index (χ1v) is 8.14. The van der Waals surface area contributed by atoms with Gasteiger partial charge in [0.05, 0.1) is 0 Å². The van der Waals surface area contributed by atoms with Gasteiger partial charge in [0.2, 0.25) is 0 Å². The maximum Gasteiger partial charge on any atom is 0.347 e. The lowest BCUT2D eigenvalue weighted by atomic mass is 9.99. The molecule has 4 heteroatoms. The number of carbonyl (C=O) groups excluding carboxylic acids is 1. The molecule has 4 nitrogen and oxygen atoms in total. The minimum atomic E-state index is -0.520. The number of phenols is 1. The predicted octanol–water partition coefficient (Wildman–Crippen LogP) is 4.03. The predicted molar refractivity (Wildman–Crippen MR) is 93.2 cm³/mol. The summed E-state index contributed by atoms with van der Waals surface area (Å²) in [5, 5.41) is 10.7. The Bertz CT molecular complexity index is 776. The standard InChI is InChI=1S/C20H23NO3/c1-13-10-14-11-21(20(2,3)4)12-16(14)18(22)17(13)19(23)24-15-8-6-5-7-9-15/h5-10,22H,11-12H2,1-4H3. The van der Waals surface area contributed by atoms with Crippen LogP contribution in [-0.2, 0) is 13.1 Å². The number of hydrogen-bond acceptors (Lipinski definition) is 4. The van der Waals surface area contributed by atoms with Gasteiger partial charge >= 0.3 is 5.97 Å². The summed E-state index contributed by atoms with van der Waals surface area (Å²) in [6.45, 7) is 9.69. The first kappa shape index (κ1) is 16.5. The van der Waals surface area contributed by atoms with Gasteiger partial charge in [0.1, 0.15) is 17.1 Å². The fraction of sp³-hybridized carbons (Fsp3) is 0.350. The van der Waals surface area contributed by atoms with E-state index in [4.69, 9.17) is 4.74 Å². The number of aromatic hydroxyl groups is 1. The highest BCUT2D eigenvalue weighted by Crippen LogP contribution is 2.38. The van der Waals surface area contributed by atoms with E-state index in [0.29, 0.717) is 12.3 Å². The van der Waals surface area contributed by atoms with Crippen LogP contribution < -0.4 is 4.74 Å². The molecule has 0 spiro atoms. The maximum atomic E-state index is 12.5. The van der Waals surface area contributed by atoms with Crippen molar-refractivity contribution < 1.29 is 14.6 Å². The van der Waals surface area contributed by atoms with E-state index in [1.807, 2.05) is 19.1 Å². The number of para-hydroxylation sites is 1. The second-order valence-corrected chi connectivity index (χ2v) is 7.28. The quantitative estimate of drug-likeness (QED) is 0.669. The van der Waals surface area contributed by atoms with Crippen LogP contribution in [0.3, 0.4) is 0 Å².